The number of hydrogen-bond acceptors (Lipinski definition) is 5. The summed E-state index contributed by atoms with van der Waals surface area (Å²) in [7, 11) is 0. The fraction of sp³-hybridized carbons (Fsp3) is 0.451. The number of allylic oxidation sites excluding steroid dienone is 3. The quantitative estimate of drug-likeness (QED) is 0.142. The average Bonchev–Trinajstić information content (AvgIpc) is 3.22. The van der Waals surface area contributed by atoms with Gasteiger partial charge in [-0.2, -0.15) is 0 Å². The van der Waals surface area contributed by atoms with Crippen LogP contribution in [0.4, 0.5) is 0 Å². The first kappa shape index (κ1) is 41.3. The van der Waals surface area contributed by atoms with E-state index in [1.165, 1.54) is 83.3 Å². The van der Waals surface area contributed by atoms with Crippen LogP contribution in [0.5, 0.6) is 0 Å². The van der Waals surface area contributed by atoms with Gasteiger partial charge in [0.15, 0.2) is 0 Å². The van der Waals surface area contributed by atoms with E-state index in [2.05, 4.69) is 155 Å². The van der Waals surface area contributed by atoms with E-state index >= 15 is 0 Å². The lowest BCUT2D eigenvalue weighted by Gasteiger charge is -2.35. The number of rotatable bonds is 7. The van der Waals surface area contributed by atoms with Crippen LogP contribution in [0.15, 0.2) is 121 Å². The molecule has 4 bridgehead atoms. The molecule has 4 aromatic rings. The van der Waals surface area contributed by atoms with E-state index in [-0.39, 0.29) is 5.92 Å². The van der Waals surface area contributed by atoms with E-state index in [0.717, 1.165) is 78.5 Å². The summed E-state index contributed by atoms with van der Waals surface area (Å²) in [5, 5.41) is 14.9. The zero-order valence-corrected chi connectivity index (χ0v) is 34.9. The van der Waals surface area contributed by atoms with Gasteiger partial charge in [-0.25, -0.2) is 0 Å². The van der Waals surface area contributed by atoms with Crippen LogP contribution < -0.4 is 26.2 Å². The van der Waals surface area contributed by atoms with Gasteiger partial charge in [0, 0.05) is 70.1 Å². The van der Waals surface area contributed by atoms with Crippen LogP contribution in [0.2, 0.25) is 0 Å². The van der Waals surface area contributed by atoms with Gasteiger partial charge in [0.05, 0.1) is 13.1 Å². The van der Waals surface area contributed by atoms with Gasteiger partial charge >= 0.3 is 0 Å². The van der Waals surface area contributed by atoms with Crippen LogP contribution in [0.3, 0.4) is 0 Å². The van der Waals surface area contributed by atoms with Crippen molar-refractivity contribution >= 4 is 0 Å². The van der Waals surface area contributed by atoms with Crippen LogP contribution in [-0.2, 0) is 32.7 Å². The molecule has 7 rings (SSSR count). The number of hydrogen-bond donors (Lipinski definition) is 5. The van der Waals surface area contributed by atoms with E-state index in [4.69, 9.17) is 0 Å². The minimum Gasteiger partial charge on any atom is -0.331 e. The highest BCUT2D eigenvalue weighted by atomic mass is 15.1. The predicted molar refractivity (Wildman–Crippen MR) is 238 cm³/mol. The van der Waals surface area contributed by atoms with Crippen molar-refractivity contribution in [2.75, 3.05) is 58.9 Å². The molecular formula is C51H69N6+. The molecule has 302 valence electrons. The topological polar surface area (TPSA) is 55.8 Å². The van der Waals surface area contributed by atoms with Crippen molar-refractivity contribution in [1.82, 2.24) is 26.2 Å². The fourth-order valence-electron chi connectivity index (χ4n) is 9.27. The number of aryl methyl sites for hydroxylation is 1. The highest BCUT2D eigenvalue weighted by Gasteiger charge is 2.30. The first-order valence-corrected chi connectivity index (χ1v) is 22.2. The van der Waals surface area contributed by atoms with Gasteiger partial charge in [-0.15, -0.1) is 0 Å². The maximum absolute atomic E-state index is 3.72. The van der Waals surface area contributed by atoms with Crippen LogP contribution >= 0.6 is 0 Å². The Morgan fingerprint density at radius 3 is 1.75 bits per heavy atom. The van der Waals surface area contributed by atoms with Crippen molar-refractivity contribution in [2.24, 2.45) is 11.8 Å². The Labute approximate surface area is 344 Å². The highest BCUT2D eigenvalue weighted by molar-refractivity contribution is 5.46. The van der Waals surface area contributed by atoms with Crippen LogP contribution in [0.25, 0.3) is 0 Å². The largest absolute Gasteiger partial charge is 0.331 e. The molecule has 4 aromatic carbocycles. The van der Waals surface area contributed by atoms with Gasteiger partial charge in [0.2, 0.25) is 0 Å². The molecule has 2 aliphatic heterocycles. The van der Waals surface area contributed by atoms with Crippen LogP contribution in [0.1, 0.15) is 83.0 Å². The first-order valence-electron chi connectivity index (χ1n) is 22.2. The monoisotopic (exact) mass is 766 g/mol. The Bertz CT molecular complexity index is 1820. The van der Waals surface area contributed by atoms with Gasteiger partial charge in [0.1, 0.15) is 6.54 Å². The maximum Gasteiger partial charge on any atom is 0.103 e. The van der Waals surface area contributed by atoms with Crippen LogP contribution in [0, 0.1) is 18.8 Å². The Morgan fingerprint density at radius 2 is 1.18 bits per heavy atom. The summed E-state index contributed by atoms with van der Waals surface area (Å²) in [6.45, 7) is 19.5. The average molecular weight is 766 g/mol. The molecule has 0 spiro atoms. The molecule has 0 aromatic heterocycles. The van der Waals surface area contributed by atoms with E-state index in [1.807, 2.05) is 0 Å². The lowest BCUT2D eigenvalue weighted by molar-refractivity contribution is -0.914. The van der Waals surface area contributed by atoms with E-state index in [0.29, 0.717) is 11.8 Å². The normalized spacial score (nSPS) is 21.8. The summed E-state index contributed by atoms with van der Waals surface area (Å²) < 4.78 is 0. The molecule has 0 radical (unpaired) electrons. The Balaban J connectivity index is 1.03. The molecule has 0 saturated carbocycles. The van der Waals surface area contributed by atoms with E-state index in [9.17, 15) is 0 Å². The minimum absolute atomic E-state index is 0.233. The van der Waals surface area contributed by atoms with E-state index in [1.54, 1.807) is 10.5 Å². The smallest absolute Gasteiger partial charge is 0.103 e. The number of fused-ring (bicyclic) bond motifs is 4. The molecular weight excluding hydrogens is 697 g/mol. The Kier molecular flexibility index (Phi) is 15.8. The molecule has 5 N–H and O–H groups in total. The van der Waals surface area contributed by atoms with Crippen LogP contribution in [-0.4, -0.2) is 63.8 Å². The molecule has 1 aliphatic carbocycles. The van der Waals surface area contributed by atoms with Gasteiger partial charge in [0.25, 0.3) is 0 Å². The van der Waals surface area contributed by atoms with Gasteiger partial charge in [-0.3, -0.25) is 0 Å². The summed E-state index contributed by atoms with van der Waals surface area (Å²) >= 11 is 0. The van der Waals surface area contributed by atoms with Crippen molar-refractivity contribution in [3.63, 3.8) is 0 Å². The minimum atomic E-state index is 0.233. The number of nitrogens with one attached hydrogen (secondary N) is 5. The molecule has 3 aliphatic rings. The number of quaternary nitrogens is 1. The third-order valence-electron chi connectivity index (χ3n) is 12.5. The predicted octanol–water partition coefficient (Wildman–Crippen LogP) is 6.91. The standard InChI is InChI=1S/C51H68N6/c1-40-19-21-47(22-20-40)51(48-16-5-15-46(33-48)38-56-27-7-23-52-34-42-11-3-12-43(31-42)35-53-24-8-28-56)50-18-6-17-49(41(50)2)39-57-29-9-25-54-36-44-13-4-14-45(32-44)37-55-26-10-30-57/h3-6,11-22,31-33,41,49,51-55H,7-10,23-30,34-39H2,1-2H3/p+1. The summed E-state index contributed by atoms with van der Waals surface area (Å²) in [5.74, 6) is 1.15. The fourth-order valence-corrected chi connectivity index (χ4v) is 9.27. The molecule has 3 unspecified atom stereocenters. The van der Waals surface area contributed by atoms with Gasteiger partial charge in [-0.05, 0) is 97.2 Å². The summed E-state index contributed by atoms with van der Waals surface area (Å²) in [6.07, 6.45) is 12.0. The maximum atomic E-state index is 3.72. The van der Waals surface area contributed by atoms with Crippen molar-refractivity contribution in [1.29, 1.82) is 0 Å². The summed E-state index contributed by atoms with van der Waals surface area (Å²) in [4.78, 5) is 4.43. The second-order valence-electron chi connectivity index (χ2n) is 17.1. The van der Waals surface area contributed by atoms with Gasteiger partial charge in [-0.1, -0.05) is 127 Å². The Morgan fingerprint density at radius 1 is 0.632 bits per heavy atom. The van der Waals surface area contributed by atoms with Crippen molar-refractivity contribution < 1.29 is 4.90 Å². The van der Waals surface area contributed by atoms with Crippen molar-refractivity contribution in [3.05, 3.63) is 165 Å². The molecule has 0 fully saturated rings. The summed E-state index contributed by atoms with van der Waals surface area (Å²) in [5.41, 5.74) is 12.7. The highest BCUT2D eigenvalue weighted by Crippen LogP contribution is 2.41. The molecule has 3 atom stereocenters. The number of nitrogens with zero attached hydrogens (tertiary/aromatic N) is 1. The third-order valence-corrected chi connectivity index (χ3v) is 12.5. The lowest BCUT2D eigenvalue weighted by Crippen LogP contribution is -3.10. The third kappa shape index (κ3) is 12.6. The second-order valence-corrected chi connectivity index (χ2v) is 17.1. The first-order chi connectivity index (χ1) is 28.1. The molecule has 0 saturated heterocycles. The zero-order chi connectivity index (χ0) is 39.1. The van der Waals surface area contributed by atoms with Crippen molar-refractivity contribution in [2.45, 2.75) is 78.2 Å². The number of benzene rings is 4. The zero-order valence-electron chi connectivity index (χ0n) is 34.9. The molecule has 6 nitrogen and oxygen atoms in total. The summed E-state index contributed by atoms with van der Waals surface area (Å²) in [6, 6.07) is 37.1. The molecule has 2 heterocycles. The Hall–Kier alpha value is -3.88. The van der Waals surface area contributed by atoms with Crippen molar-refractivity contribution in [3.8, 4) is 0 Å². The SMILES string of the molecule is Cc1ccc(C(C2=CC=CC(CN3CCCNCc4cccc(c4)CNCCC3)C2C)c2cccc(C[NH+]3CCCNCc4cccc(c4)CNCCC3)c2)cc1. The molecule has 57 heavy (non-hydrogen) atoms. The van der Waals surface area contributed by atoms with E-state index < -0.39 is 0 Å². The van der Waals surface area contributed by atoms with Gasteiger partial charge < -0.3 is 31.1 Å². The molecule has 0 amide bonds. The lowest BCUT2D eigenvalue weighted by atomic mass is 9.72. The second kappa shape index (κ2) is 21.8. The molecule has 6 heteroatoms.